The second-order valence-corrected chi connectivity index (χ2v) is 8.93. The van der Waals surface area contributed by atoms with Gasteiger partial charge in [0.2, 0.25) is 0 Å². The number of ketones is 1. The lowest BCUT2D eigenvalue weighted by Crippen LogP contribution is -2.13. The number of hydrogen-bond acceptors (Lipinski definition) is 5. The largest absolute Gasteiger partial charge is 0.507 e. The first-order valence-corrected chi connectivity index (χ1v) is 10.4. The lowest BCUT2D eigenvalue weighted by atomic mass is 9.87. The number of aromatic hydroxyl groups is 1. The number of carbonyl (C=O) groups excluding carboxylic acids is 1. The van der Waals surface area contributed by atoms with Crippen molar-refractivity contribution in [1.82, 2.24) is 0 Å². The predicted octanol–water partition coefficient (Wildman–Crippen LogP) is 5.56. The molecule has 6 nitrogen and oxygen atoms in total. The molecule has 2 N–H and O–H groups in total. The van der Waals surface area contributed by atoms with E-state index in [1.54, 1.807) is 38.1 Å². The molecule has 0 aromatic heterocycles. The third-order valence-corrected chi connectivity index (χ3v) is 4.88. The van der Waals surface area contributed by atoms with E-state index in [0.717, 1.165) is 12.8 Å². The van der Waals surface area contributed by atoms with Gasteiger partial charge in [0.1, 0.15) is 17.2 Å². The highest BCUT2D eigenvalue weighted by molar-refractivity contribution is 5.99. The van der Waals surface area contributed by atoms with Crippen molar-refractivity contribution >= 4 is 11.8 Å². The molecule has 0 spiro atoms. The number of phenols is 1. The zero-order valence-corrected chi connectivity index (χ0v) is 18.9. The number of unbranched alkanes of at least 4 members (excludes halogenated alkanes) is 1. The molecule has 2 aromatic carbocycles. The second-order valence-electron chi connectivity index (χ2n) is 8.93. The summed E-state index contributed by atoms with van der Waals surface area (Å²) in [5.74, 6) is -0.000643. The fourth-order valence-electron chi connectivity index (χ4n) is 3.14. The van der Waals surface area contributed by atoms with E-state index in [9.17, 15) is 19.8 Å². The average molecular weight is 429 g/mol. The summed E-state index contributed by atoms with van der Waals surface area (Å²) in [4.78, 5) is 23.6. The van der Waals surface area contributed by atoms with Crippen molar-refractivity contribution in [3.05, 3.63) is 52.6 Å². The fraction of sp³-hybridized carbons (Fsp3) is 0.440. The molecule has 0 saturated carbocycles. The zero-order valence-electron chi connectivity index (χ0n) is 18.9. The van der Waals surface area contributed by atoms with Crippen molar-refractivity contribution in [3.8, 4) is 17.2 Å². The van der Waals surface area contributed by atoms with Gasteiger partial charge in [-0.2, -0.15) is 0 Å². The molecule has 2 aromatic rings. The van der Waals surface area contributed by atoms with Crippen LogP contribution < -0.4 is 9.47 Å². The molecule has 31 heavy (non-hydrogen) atoms. The highest BCUT2D eigenvalue weighted by Gasteiger charge is 2.21. The standard InChI is InChI=1S/C25H32O6/c1-16-8-9-18(14-20(16)24(28)29)30-12-6-7-13-31-22-11-10-19(23(27)17(22)2)21(26)15-25(3,4)5/h8-11,14,27H,6-7,12-13,15H2,1-5H3,(H,28,29). The van der Waals surface area contributed by atoms with Crippen LogP contribution >= 0.6 is 0 Å². The molecular weight excluding hydrogens is 396 g/mol. The van der Waals surface area contributed by atoms with Crippen LogP contribution in [0.25, 0.3) is 0 Å². The summed E-state index contributed by atoms with van der Waals surface area (Å²) >= 11 is 0. The second kappa shape index (κ2) is 10.3. The third-order valence-electron chi connectivity index (χ3n) is 4.88. The maximum Gasteiger partial charge on any atom is 0.336 e. The number of carboxylic acid groups (broad SMARTS) is 1. The Kier molecular flexibility index (Phi) is 8.08. The minimum absolute atomic E-state index is 0.0244. The summed E-state index contributed by atoms with van der Waals surface area (Å²) in [6.45, 7) is 10.3. The molecule has 0 radical (unpaired) electrons. The molecule has 0 heterocycles. The van der Waals surface area contributed by atoms with Crippen LogP contribution in [0, 0.1) is 19.3 Å². The lowest BCUT2D eigenvalue weighted by molar-refractivity contribution is 0.0695. The van der Waals surface area contributed by atoms with Gasteiger partial charge in [-0.05, 0) is 61.9 Å². The van der Waals surface area contributed by atoms with Gasteiger partial charge < -0.3 is 19.7 Å². The molecule has 0 saturated heterocycles. The molecule has 0 aliphatic rings. The Bertz CT molecular complexity index is 940. The Morgan fingerprint density at radius 2 is 1.58 bits per heavy atom. The predicted molar refractivity (Wildman–Crippen MR) is 120 cm³/mol. The number of phenolic OH excluding ortho intramolecular Hbond substituents is 1. The number of carboxylic acids is 1. The van der Waals surface area contributed by atoms with Crippen molar-refractivity contribution in [3.63, 3.8) is 0 Å². The topological polar surface area (TPSA) is 93.1 Å². The summed E-state index contributed by atoms with van der Waals surface area (Å²) in [5.41, 5.74) is 1.66. The third kappa shape index (κ3) is 7.02. The SMILES string of the molecule is Cc1ccc(OCCCCOc2ccc(C(=O)CC(C)(C)C)c(O)c2C)cc1C(=O)O. The number of hydrogen-bond donors (Lipinski definition) is 2. The lowest BCUT2D eigenvalue weighted by Gasteiger charge is -2.18. The van der Waals surface area contributed by atoms with Crippen LogP contribution in [0.2, 0.25) is 0 Å². The van der Waals surface area contributed by atoms with Gasteiger partial charge in [0, 0.05) is 12.0 Å². The Hall–Kier alpha value is -3.02. The van der Waals surface area contributed by atoms with Crippen LogP contribution in [0.3, 0.4) is 0 Å². The van der Waals surface area contributed by atoms with Crippen molar-refractivity contribution in [2.24, 2.45) is 5.41 Å². The molecule has 0 unspecified atom stereocenters. The van der Waals surface area contributed by atoms with E-state index < -0.39 is 5.97 Å². The van der Waals surface area contributed by atoms with Crippen LogP contribution in [0.1, 0.15) is 71.9 Å². The molecule has 0 amide bonds. The van der Waals surface area contributed by atoms with E-state index in [2.05, 4.69) is 0 Å². The van der Waals surface area contributed by atoms with E-state index in [1.807, 2.05) is 20.8 Å². The molecule has 0 atom stereocenters. The first kappa shape index (κ1) is 24.3. The van der Waals surface area contributed by atoms with Gasteiger partial charge in [0.05, 0.1) is 24.3 Å². The van der Waals surface area contributed by atoms with E-state index in [0.29, 0.717) is 47.8 Å². The number of aryl methyl sites for hydroxylation is 1. The van der Waals surface area contributed by atoms with Crippen LogP contribution in [0.15, 0.2) is 30.3 Å². The zero-order chi connectivity index (χ0) is 23.2. The van der Waals surface area contributed by atoms with Crippen molar-refractivity contribution in [2.75, 3.05) is 13.2 Å². The number of aromatic carboxylic acids is 1. The summed E-state index contributed by atoms with van der Waals surface area (Å²) in [5, 5.41) is 19.6. The summed E-state index contributed by atoms with van der Waals surface area (Å²) in [6, 6.07) is 8.36. The van der Waals surface area contributed by atoms with E-state index >= 15 is 0 Å². The number of benzene rings is 2. The Labute approximate surface area is 183 Å². The van der Waals surface area contributed by atoms with Gasteiger partial charge in [-0.3, -0.25) is 4.79 Å². The minimum Gasteiger partial charge on any atom is -0.507 e. The van der Waals surface area contributed by atoms with Gasteiger partial charge in [-0.25, -0.2) is 4.79 Å². The van der Waals surface area contributed by atoms with Gasteiger partial charge in [0.15, 0.2) is 5.78 Å². The van der Waals surface area contributed by atoms with E-state index in [4.69, 9.17) is 9.47 Å². The van der Waals surface area contributed by atoms with Gasteiger partial charge >= 0.3 is 5.97 Å². The first-order chi connectivity index (χ1) is 14.5. The summed E-state index contributed by atoms with van der Waals surface area (Å²) in [6.07, 6.45) is 1.81. The normalized spacial score (nSPS) is 11.3. The highest BCUT2D eigenvalue weighted by atomic mass is 16.5. The minimum atomic E-state index is -0.971. The molecule has 0 aliphatic carbocycles. The number of rotatable bonds is 10. The molecule has 168 valence electrons. The summed E-state index contributed by atoms with van der Waals surface area (Å²) < 4.78 is 11.4. The van der Waals surface area contributed by atoms with Crippen LogP contribution in [-0.4, -0.2) is 35.2 Å². The average Bonchev–Trinajstić information content (AvgIpc) is 2.67. The van der Waals surface area contributed by atoms with Gasteiger partial charge in [0.25, 0.3) is 0 Å². The highest BCUT2D eigenvalue weighted by Crippen LogP contribution is 2.33. The number of carbonyl (C=O) groups is 2. The molecule has 0 fully saturated rings. The Balaban J connectivity index is 1.82. The van der Waals surface area contributed by atoms with E-state index in [-0.39, 0.29) is 22.5 Å². The van der Waals surface area contributed by atoms with Crippen molar-refractivity contribution in [1.29, 1.82) is 0 Å². The van der Waals surface area contributed by atoms with Gasteiger partial charge in [-0.1, -0.05) is 26.8 Å². The molecule has 0 aliphatic heterocycles. The van der Waals surface area contributed by atoms with Crippen LogP contribution in [-0.2, 0) is 0 Å². The molecule has 0 bridgehead atoms. The Morgan fingerprint density at radius 1 is 0.935 bits per heavy atom. The first-order valence-electron chi connectivity index (χ1n) is 10.4. The number of ether oxygens (including phenoxy) is 2. The number of Topliss-reactive ketones (excluding diaryl/α,β-unsaturated/α-hetero) is 1. The van der Waals surface area contributed by atoms with E-state index in [1.165, 1.54) is 6.07 Å². The maximum atomic E-state index is 12.4. The van der Waals surface area contributed by atoms with Crippen molar-refractivity contribution < 1.29 is 29.3 Å². The Morgan fingerprint density at radius 3 is 2.19 bits per heavy atom. The monoisotopic (exact) mass is 428 g/mol. The summed E-state index contributed by atoms with van der Waals surface area (Å²) in [7, 11) is 0. The van der Waals surface area contributed by atoms with Crippen LogP contribution in [0.4, 0.5) is 0 Å². The molecule has 2 rings (SSSR count). The fourth-order valence-corrected chi connectivity index (χ4v) is 3.14. The maximum absolute atomic E-state index is 12.4. The van der Waals surface area contributed by atoms with Crippen molar-refractivity contribution in [2.45, 2.75) is 53.9 Å². The molecule has 6 heteroatoms. The quantitative estimate of drug-likeness (QED) is 0.380. The molecular formula is C25H32O6. The van der Waals surface area contributed by atoms with Gasteiger partial charge in [-0.15, -0.1) is 0 Å². The van der Waals surface area contributed by atoms with Crippen LogP contribution in [0.5, 0.6) is 17.2 Å². The smallest absolute Gasteiger partial charge is 0.336 e.